The quantitative estimate of drug-likeness (QED) is 0.555. The Kier molecular flexibility index (Phi) is 5.88. The fourth-order valence-corrected chi connectivity index (χ4v) is 1.71. The van der Waals surface area contributed by atoms with Crippen molar-refractivity contribution >= 4 is 33.8 Å². The molecule has 21 heavy (non-hydrogen) atoms. The van der Waals surface area contributed by atoms with Gasteiger partial charge in [0.2, 0.25) is 10.0 Å². The largest absolute Gasteiger partial charge is 0.478 e. The first-order valence-corrected chi connectivity index (χ1v) is 7.54. The van der Waals surface area contributed by atoms with Gasteiger partial charge in [0, 0.05) is 18.3 Å². The molecule has 0 saturated heterocycles. The van der Waals surface area contributed by atoms with Crippen molar-refractivity contribution < 1.29 is 23.1 Å². The van der Waals surface area contributed by atoms with Gasteiger partial charge < -0.3 is 15.7 Å². The van der Waals surface area contributed by atoms with Crippen molar-refractivity contribution in [2.24, 2.45) is 5.14 Å². The fourth-order valence-electron chi connectivity index (χ4n) is 1.33. The number of aliphatic carboxylic acids is 1. The Morgan fingerprint density at radius 1 is 1.24 bits per heavy atom. The number of nitrogens with one attached hydrogen (secondary N) is 2. The van der Waals surface area contributed by atoms with Crippen LogP contribution in [-0.2, 0) is 14.8 Å². The first kappa shape index (κ1) is 16.7. The number of carboxylic acids is 1. The molecule has 9 heteroatoms. The minimum absolute atomic E-state index is 0.0932. The molecule has 0 saturated carbocycles. The van der Waals surface area contributed by atoms with Gasteiger partial charge in [-0.3, -0.25) is 0 Å². The summed E-state index contributed by atoms with van der Waals surface area (Å²) in [5.74, 6) is -1.40. The van der Waals surface area contributed by atoms with Crippen LogP contribution in [0.3, 0.4) is 0 Å². The molecule has 0 unspecified atom stereocenters. The Hall–Kier alpha value is -2.39. The van der Waals surface area contributed by atoms with E-state index in [-0.39, 0.29) is 12.3 Å². The minimum Gasteiger partial charge on any atom is -0.478 e. The first-order valence-electron chi connectivity index (χ1n) is 5.83. The zero-order chi connectivity index (χ0) is 15.9. The van der Waals surface area contributed by atoms with E-state index in [0.717, 1.165) is 6.08 Å². The number of sulfonamides is 1. The van der Waals surface area contributed by atoms with Crippen LogP contribution in [0, 0.1) is 0 Å². The van der Waals surface area contributed by atoms with Crippen molar-refractivity contribution in [3.8, 4) is 0 Å². The molecule has 0 atom stereocenters. The maximum absolute atomic E-state index is 11.4. The summed E-state index contributed by atoms with van der Waals surface area (Å²) in [6.07, 6.45) is 2.42. The predicted octanol–water partition coefficient (Wildman–Crippen LogP) is 0.194. The number of amides is 2. The molecule has 5 N–H and O–H groups in total. The molecule has 0 bridgehead atoms. The van der Waals surface area contributed by atoms with E-state index in [9.17, 15) is 18.0 Å². The monoisotopic (exact) mass is 313 g/mol. The van der Waals surface area contributed by atoms with Crippen LogP contribution >= 0.6 is 0 Å². The summed E-state index contributed by atoms with van der Waals surface area (Å²) < 4.78 is 21.4. The molecule has 114 valence electrons. The maximum Gasteiger partial charge on any atom is 0.328 e. The van der Waals surface area contributed by atoms with E-state index in [1.165, 1.54) is 6.08 Å². The molecule has 0 aliphatic rings. The SMILES string of the molecule is NS(=O)(=O)CCNC(=O)Nc1ccc(C=CC(=O)O)cc1. The smallest absolute Gasteiger partial charge is 0.328 e. The van der Waals surface area contributed by atoms with Crippen molar-refractivity contribution in [3.63, 3.8) is 0 Å². The van der Waals surface area contributed by atoms with Crippen LogP contribution < -0.4 is 15.8 Å². The third kappa shape index (κ3) is 7.70. The zero-order valence-electron chi connectivity index (χ0n) is 10.9. The van der Waals surface area contributed by atoms with E-state index in [1.54, 1.807) is 24.3 Å². The Labute approximate surface area is 121 Å². The van der Waals surface area contributed by atoms with Crippen LogP contribution in [0.2, 0.25) is 0 Å². The summed E-state index contributed by atoms with van der Waals surface area (Å²) in [6.45, 7) is -0.0932. The normalized spacial score (nSPS) is 11.3. The fraction of sp³-hybridized carbons (Fsp3) is 0.167. The number of carboxylic acid groups (broad SMARTS) is 1. The molecule has 1 aromatic rings. The van der Waals surface area contributed by atoms with Gasteiger partial charge in [0.15, 0.2) is 0 Å². The topological polar surface area (TPSA) is 139 Å². The molecule has 1 aromatic carbocycles. The molecule has 8 nitrogen and oxygen atoms in total. The molecule has 0 heterocycles. The van der Waals surface area contributed by atoms with E-state index in [1.807, 2.05) is 0 Å². The Balaban J connectivity index is 2.48. The highest BCUT2D eigenvalue weighted by atomic mass is 32.2. The summed E-state index contributed by atoms with van der Waals surface area (Å²) >= 11 is 0. The second-order valence-corrected chi connectivity index (χ2v) is 5.78. The number of carbonyl (C=O) groups is 2. The van der Waals surface area contributed by atoms with Crippen LogP contribution in [0.1, 0.15) is 5.56 Å². The number of rotatable bonds is 6. The van der Waals surface area contributed by atoms with E-state index in [0.29, 0.717) is 11.3 Å². The Morgan fingerprint density at radius 3 is 2.38 bits per heavy atom. The van der Waals surface area contributed by atoms with Crippen LogP contribution in [0.25, 0.3) is 6.08 Å². The number of primary sulfonamides is 1. The second-order valence-electron chi connectivity index (χ2n) is 4.04. The number of carbonyl (C=O) groups excluding carboxylic acids is 1. The van der Waals surface area contributed by atoms with Gasteiger partial charge >= 0.3 is 12.0 Å². The molecule has 0 aliphatic heterocycles. The first-order chi connectivity index (χ1) is 9.76. The molecule has 1 rings (SSSR count). The van der Waals surface area contributed by atoms with Gasteiger partial charge in [-0.2, -0.15) is 0 Å². The van der Waals surface area contributed by atoms with Crippen molar-refractivity contribution in [2.45, 2.75) is 0 Å². The summed E-state index contributed by atoms with van der Waals surface area (Å²) in [5.41, 5.74) is 1.15. The third-order valence-electron chi connectivity index (χ3n) is 2.26. The minimum atomic E-state index is -3.61. The van der Waals surface area contributed by atoms with Crippen molar-refractivity contribution in [1.82, 2.24) is 5.32 Å². The number of benzene rings is 1. The van der Waals surface area contributed by atoms with Gasteiger partial charge in [0.25, 0.3) is 0 Å². The summed E-state index contributed by atoms with van der Waals surface area (Å²) in [5, 5.41) is 18.1. The zero-order valence-corrected chi connectivity index (χ0v) is 11.8. The molecule has 2 amide bonds. The average Bonchev–Trinajstić information content (AvgIpc) is 2.36. The van der Waals surface area contributed by atoms with E-state index in [4.69, 9.17) is 10.2 Å². The standard InChI is InChI=1S/C12H15N3O5S/c13-21(19,20)8-7-14-12(18)15-10-4-1-9(2-5-10)3-6-11(16)17/h1-6H,7-8H2,(H,16,17)(H2,13,19,20)(H2,14,15,18). The predicted molar refractivity (Wildman–Crippen MR) is 78.1 cm³/mol. The van der Waals surface area contributed by atoms with Crippen molar-refractivity contribution in [2.75, 3.05) is 17.6 Å². The lowest BCUT2D eigenvalue weighted by atomic mass is 10.2. The lowest BCUT2D eigenvalue weighted by Gasteiger charge is -2.07. The van der Waals surface area contributed by atoms with Crippen molar-refractivity contribution in [3.05, 3.63) is 35.9 Å². The Morgan fingerprint density at radius 2 is 1.86 bits per heavy atom. The highest BCUT2D eigenvalue weighted by Gasteiger charge is 2.05. The third-order valence-corrected chi connectivity index (χ3v) is 3.03. The van der Waals surface area contributed by atoms with Crippen LogP contribution in [-0.4, -0.2) is 37.8 Å². The lowest BCUT2D eigenvalue weighted by molar-refractivity contribution is -0.131. The molecule has 0 radical (unpaired) electrons. The molecular formula is C12H15N3O5S. The number of hydrogen-bond acceptors (Lipinski definition) is 4. The molecule has 0 aliphatic carbocycles. The number of nitrogens with two attached hydrogens (primary N) is 1. The molecule has 0 fully saturated rings. The summed E-state index contributed by atoms with van der Waals surface area (Å²) in [7, 11) is -3.61. The molecule has 0 aromatic heterocycles. The number of anilines is 1. The van der Waals surface area contributed by atoms with E-state index < -0.39 is 22.0 Å². The van der Waals surface area contributed by atoms with Crippen LogP contribution in [0.4, 0.5) is 10.5 Å². The van der Waals surface area contributed by atoms with Crippen LogP contribution in [0.5, 0.6) is 0 Å². The maximum atomic E-state index is 11.4. The molecule has 0 spiro atoms. The van der Waals surface area contributed by atoms with Gasteiger partial charge in [-0.25, -0.2) is 23.1 Å². The highest BCUT2D eigenvalue weighted by molar-refractivity contribution is 7.89. The van der Waals surface area contributed by atoms with Gasteiger partial charge in [-0.1, -0.05) is 12.1 Å². The van der Waals surface area contributed by atoms with Gasteiger partial charge in [0.1, 0.15) is 0 Å². The average molecular weight is 313 g/mol. The number of hydrogen-bond donors (Lipinski definition) is 4. The molecular weight excluding hydrogens is 298 g/mol. The van der Waals surface area contributed by atoms with Gasteiger partial charge in [-0.05, 0) is 23.8 Å². The second kappa shape index (κ2) is 7.41. The highest BCUT2D eigenvalue weighted by Crippen LogP contribution is 2.10. The van der Waals surface area contributed by atoms with Gasteiger partial charge in [-0.15, -0.1) is 0 Å². The summed E-state index contributed by atoms with van der Waals surface area (Å²) in [4.78, 5) is 21.8. The lowest BCUT2D eigenvalue weighted by Crippen LogP contribution is -2.34. The van der Waals surface area contributed by atoms with Crippen molar-refractivity contribution in [1.29, 1.82) is 0 Å². The number of urea groups is 1. The van der Waals surface area contributed by atoms with Gasteiger partial charge in [0.05, 0.1) is 5.75 Å². The van der Waals surface area contributed by atoms with E-state index >= 15 is 0 Å². The summed E-state index contributed by atoms with van der Waals surface area (Å²) in [6, 6.07) is 5.85. The van der Waals surface area contributed by atoms with Crippen LogP contribution in [0.15, 0.2) is 30.3 Å². The Bertz CT molecular complexity index is 637. The van der Waals surface area contributed by atoms with E-state index in [2.05, 4.69) is 10.6 Å².